The summed E-state index contributed by atoms with van der Waals surface area (Å²) in [5.41, 5.74) is 1.59. The fourth-order valence-electron chi connectivity index (χ4n) is 4.34. The Morgan fingerprint density at radius 3 is 2.32 bits per heavy atom. The Morgan fingerprint density at radius 2 is 1.71 bits per heavy atom. The maximum Gasteiger partial charge on any atom is 0.251 e. The number of carbonyl (C=O) groups excluding carboxylic acids is 1. The molecule has 0 spiro atoms. The number of unbranched alkanes of at least 4 members (excludes halogenated alkanes) is 3. The van der Waals surface area contributed by atoms with Crippen LogP contribution in [0.3, 0.4) is 0 Å². The number of amides is 1. The van der Waals surface area contributed by atoms with Gasteiger partial charge in [0.2, 0.25) is 0 Å². The minimum absolute atomic E-state index is 0.0897. The van der Waals surface area contributed by atoms with Gasteiger partial charge >= 0.3 is 0 Å². The summed E-state index contributed by atoms with van der Waals surface area (Å²) < 4.78 is 11.1. The zero-order chi connectivity index (χ0) is 24.3. The van der Waals surface area contributed by atoms with Gasteiger partial charge in [-0.15, -0.1) is 0 Å². The molecule has 7 heteroatoms. The lowest BCUT2D eigenvalue weighted by molar-refractivity contribution is 0.0924. The Labute approximate surface area is 213 Å². The molecule has 1 aliphatic heterocycles. The number of benzene rings is 2. The van der Waals surface area contributed by atoms with Gasteiger partial charge in [0.05, 0.1) is 29.8 Å². The highest BCUT2D eigenvalue weighted by molar-refractivity contribution is 6.37. The molecule has 2 aromatic carbocycles. The topological polar surface area (TPSA) is 50.8 Å². The molecule has 1 saturated heterocycles. The molecule has 0 bridgehead atoms. The Morgan fingerprint density at radius 1 is 1.03 bits per heavy atom. The zero-order valence-corrected chi connectivity index (χ0v) is 21.8. The molecule has 1 N–H and O–H groups in total. The fraction of sp³-hybridized carbons (Fsp3) is 0.519. The van der Waals surface area contributed by atoms with E-state index in [1.165, 1.54) is 32.1 Å². The van der Waals surface area contributed by atoms with Crippen LogP contribution in [0.1, 0.15) is 73.8 Å². The first kappa shape index (κ1) is 26.7. The molecule has 1 atom stereocenters. The van der Waals surface area contributed by atoms with E-state index in [0.717, 1.165) is 37.2 Å². The van der Waals surface area contributed by atoms with Gasteiger partial charge in [-0.3, -0.25) is 9.69 Å². The van der Waals surface area contributed by atoms with E-state index in [1.807, 2.05) is 12.1 Å². The third-order valence-corrected chi connectivity index (χ3v) is 6.85. The normalized spacial score (nSPS) is 15.1. The Kier molecular flexibility index (Phi) is 10.8. The van der Waals surface area contributed by atoms with Crippen LogP contribution in [-0.4, -0.2) is 44.2 Å². The summed E-state index contributed by atoms with van der Waals surface area (Å²) in [5.74, 6) is 1.07. The van der Waals surface area contributed by atoms with Crippen molar-refractivity contribution in [3.05, 3.63) is 57.6 Å². The molecule has 5 nitrogen and oxygen atoms in total. The number of nitrogens with zero attached hydrogens (tertiary/aromatic N) is 1. The summed E-state index contributed by atoms with van der Waals surface area (Å²) in [6.45, 7) is 5.27. The Bertz CT molecular complexity index is 892. The maximum atomic E-state index is 13.0. The van der Waals surface area contributed by atoms with Crippen LogP contribution in [0.2, 0.25) is 10.0 Å². The highest BCUT2D eigenvalue weighted by Crippen LogP contribution is 2.34. The third-order valence-electron chi connectivity index (χ3n) is 6.29. The van der Waals surface area contributed by atoms with Gasteiger partial charge < -0.3 is 14.8 Å². The Balaban J connectivity index is 1.66. The first-order valence-corrected chi connectivity index (χ1v) is 13.1. The molecule has 1 fully saturated rings. The van der Waals surface area contributed by atoms with Crippen LogP contribution in [0.15, 0.2) is 36.4 Å². The predicted molar refractivity (Wildman–Crippen MR) is 140 cm³/mol. The first-order valence-electron chi connectivity index (χ1n) is 12.3. The van der Waals surface area contributed by atoms with Crippen molar-refractivity contribution in [2.75, 3.05) is 33.4 Å². The number of piperidine rings is 1. The van der Waals surface area contributed by atoms with Crippen LogP contribution in [0.4, 0.5) is 0 Å². The van der Waals surface area contributed by atoms with E-state index in [0.29, 0.717) is 34.5 Å². The molecule has 0 aliphatic carbocycles. The molecule has 3 rings (SSSR count). The maximum absolute atomic E-state index is 13.0. The third kappa shape index (κ3) is 7.53. The van der Waals surface area contributed by atoms with Crippen LogP contribution >= 0.6 is 23.2 Å². The van der Waals surface area contributed by atoms with Crippen molar-refractivity contribution in [3.8, 4) is 11.5 Å². The van der Waals surface area contributed by atoms with E-state index in [9.17, 15) is 4.79 Å². The van der Waals surface area contributed by atoms with Crippen molar-refractivity contribution < 1.29 is 14.3 Å². The molecule has 2 aromatic rings. The van der Waals surface area contributed by atoms with Crippen molar-refractivity contribution in [2.45, 2.75) is 57.9 Å². The first-order chi connectivity index (χ1) is 16.5. The summed E-state index contributed by atoms with van der Waals surface area (Å²) in [7, 11) is 1.66. The van der Waals surface area contributed by atoms with Crippen molar-refractivity contribution in [1.29, 1.82) is 0 Å². The van der Waals surface area contributed by atoms with Gasteiger partial charge in [0.25, 0.3) is 5.91 Å². The smallest absolute Gasteiger partial charge is 0.251 e. The molecule has 0 aromatic heterocycles. The lowest BCUT2D eigenvalue weighted by Crippen LogP contribution is -2.40. The molecule has 1 amide bonds. The van der Waals surface area contributed by atoms with E-state index >= 15 is 0 Å². The quantitative estimate of drug-likeness (QED) is 0.317. The van der Waals surface area contributed by atoms with Gasteiger partial charge in [-0.2, -0.15) is 0 Å². The number of halogens is 2. The number of hydrogen-bond acceptors (Lipinski definition) is 4. The summed E-state index contributed by atoms with van der Waals surface area (Å²) in [5, 5.41) is 3.81. The molecule has 186 valence electrons. The average Bonchev–Trinajstić information content (AvgIpc) is 2.86. The van der Waals surface area contributed by atoms with Gasteiger partial charge in [0.15, 0.2) is 5.75 Å². The summed E-state index contributed by atoms with van der Waals surface area (Å²) in [6.07, 6.45) is 8.01. The van der Waals surface area contributed by atoms with E-state index in [1.54, 1.807) is 19.2 Å². The number of methoxy groups -OCH3 is 1. The van der Waals surface area contributed by atoms with E-state index < -0.39 is 0 Å². The zero-order valence-electron chi connectivity index (χ0n) is 20.2. The highest BCUT2D eigenvalue weighted by atomic mass is 35.5. The molecule has 34 heavy (non-hydrogen) atoms. The molecule has 1 unspecified atom stereocenters. The monoisotopic (exact) mass is 506 g/mol. The SMILES string of the molecule is CCCCCCOc1c(Cl)cc(C(=O)NCC(c2ccc(OC)cc2)N2CCCCC2)cc1Cl. The number of nitrogens with one attached hydrogen (secondary N) is 1. The van der Waals surface area contributed by atoms with Crippen molar-refractivity contribution in [1.82, 2.24) is 10.2 Å². The molecular formula is C27H36Cl2N2O3. The van der Waals surface area contributed by atoms with Gasteiger partial charge in [-0.25, -0.2) is 0 Å². The van der Waals surface area contributed by atoms with Crippen LogP contribution < -0.4 is 14.8 Å². The standard InChI is InChI=1S/C27H36Cl2N2O3/c1-3-4-5-9-16-34-26-23(28)17-21(18-24(26)29)27(32)30-19-25(31-14-7-6-8-15-31)20-10-12-22(33-2)13-11-20/h10-13,17-18,25H,3-9,14-16,19H2,1-2H3,(H,30,32). The number of hydrogen-bond donors (Lipinski definition) is 1. The molecule has 1 heterocycles. The van der Waals surface area contributed by atoms with Crippen LogP contribution in [0.25, 0.3) is 0 Å². The number of rotatable bonds is 12. The minimum Gasteiger partial charge on any atom is -0.497 e. The summed E-state index contributed by atoms with van der Waals surface area (Å²) in [4.78, 5) is 15.4. The predicted octanol–water partition coefficient (Wildman–Crippen LogP) is 6.92. The van der Waals surface area contributed by atoms with Crippen LogP contribution in [0, 0.1) is 0 Å². The molecule has 0 saturated carbocycles. The molecule has 1 aliphatic rings. The van der Waals surface area contributed by atoms with Crippen molar-refractivity contribution >= 4 is 29.1 Å². The second-order valence-electron chi connectivity index (χ2n) is 8.77. The summed E-state index contributed by atoms with van der Waals surface area (Å²) >= 11 is 12.8. The van der Waals surface area contributed by atoms with E-state index in [2.05, 4.69) is 29.3 Å². The number of carbonyl (C=O) groups is 1. The lowest BCUT2D eigenvalue weighted by atomic mass is 10.0. The lowest BCUT2D eigenvalue weighted by Gasteiger charge is -2.35. The fourth-order valence-corrected chi connectivity index (χ4v) is 4.93. The average molecular weight is 508 g/mol. The largest absolute Gasteiger partial charge is 0.497 e. The van der Waals surface area contributed by atoms with E-state index in [-0.39, 0.29) is 11.9 Å². The van der Waals surface area contributed by atoms with Crippen molar-refractivity contribution in [3.63, 3.8) is 0 Å². The second-order valence-corrected chi connectivity index (χ2v) is 9.59. The highest BCUT2D eigenvalue weighted by Gasteiger charge is 2.23. The summed E-state index contributed by atoms with van der Waals surface area (Å²) in [6, 6.07) is 11.4. The van der Waals surface area contributed by atoms with E-state index in [4.69, 9.17) is 32.7 Å². The van der Waals surface area contributed by atoms with Crippen LogP contribution in [-0.2, 0) is 0 Å². The van der Waals surface area contributed by atoms with Crippen molar-refractivity contribution in [2.24, 2.45) is 0 Å². The molecular weight excluding hydrogens is 471 g/mol. The van der Waals surface area contributed by atoms with Gasteiger partial charge in [-0.05, 0) is 62.2 Å². The van der Waals surface area contributed by atoms with Gasteiger partial charge in [0.1, 0.15) is 5.75 Å². The van der Waals surface area contributed by atoms with Crippen LogP contribution in [0.5, 0.6) is 11.5 Å². The molecule has 0 radical (unpaired) electrons. The minimum atomic E-state index is -0.200. The second kappa shape index (κ2) is 13.8. The van der Waals surface area contributed by atoms with Gasteiger partial charge in [0, 0.05) is 12.1 Å². The Hall–Kier alpha value is -1.95. The number of likely N-dealkylation sites (tertiary alicyclic amines) is 1. The van der Waals surface area contributed by atoms with Gasteiger partial charge in [-0.1, -0.05) is 67.9 Å². The number of ether oxygens (including phenoxy) is 2.